The van der Waals surface area contributed by atoms with Gasteiger partial charge in [0.1, 0.15) is 0 Å². The zero-order valence-electron chi connectivity index (χ0n) is 14.2. The second-order valence-corrected chi connectivity index (χ2v) is 5.98. The van der Waals surface area contributed by atoms with Crippen LogP contribution in [0.25, 0.3) is 5.69 Å². The fourth-order valence-corrected chi connectivity index (χ4v) is 3.25. The minimum atomic E-state index is 0. The average Bonchev–Trinajstić information content (AvgIpc) is 3.05. The Morgan fingerprint density at radius 1 is 1.33 bits per heavy atom. The zero-order chi connectivity index (χ0) is 16.2. The molecule has 1 aromatic heterocycles. The van der Waals surface area contributed by atoms with Crippen molar-refractivity contribution in [3.63, 3.8) is 0 Å². The number of hydrogen-bond acceptors (Lipinski definition) is 3. The fourth-order valence-electron chi connectivity index (χ4n) is 3.25. The molecule has 6 heteroatoms. The van der Waals surface area contributed by atoms with Crippen molar-refractivity contribution in [2.75, 3.05) is 20.1 Å². The van der Waals surface area contributed by atoms with Crippen molar-refractivity contribution >= 4 is 18.3 Å². The van der Waals surface area contributed by atoms with Gasteiger partial charge in [-0.3, -0.25) is 4.79 Å². The molecule has 0 aliphatic carbocycles. The Kier molecular flexibility index (Phi) is 6.40. The average molecular weight is 349 g/mol. The van der Waals surface area contributed by atoms with Gasteiger partial charge in [0.15, 0.2) is 0 Å². The fraction of sp³-hybridized carbons (Fsp3) is 0.444. The van der Waals surface area contributed by atoms with Gasteiger partial charge in [-0.15, -0.1) is 12.4 Å². The standard InChI is InChI=1S/C18H24N4O.ClH/c1-3-17-16(12-20-22(17)15-9-5-4-6-10-15)18(23)21-11-7-8-14(13-21)19-2;/h4-6,9-10,12,14,19H,3,7-8,11,13H2,1-2H3;1H. The molecule has 2 aromatic rings. The topological polar surface area (TPSA) is 50.2 Å². The number of amides is 1. The number of para-hydroxylation sites is 1. The number of halogens is 1. The van der Waals surface area contributed by atoms with E-state index in [0.717, 1.165) is 49.3 Å². The number of carbonyl (C=O) groups excluding carboxylic acids is 1. The number of benzene rings is 1. The van der Waals surface area contributed by atoms with Gasteiger partial charge in [0, 0.05) is 19.1 Å². The summed E-state index contributed by atoms with van der Waals surface area (Å²) in [5, 5.41) is 7.75. The van der Waals surface area contributed by atoms with E-state index in [0.29, 0.717) is 6.04 Å². The van der Waals surface area contributed by atoms with Crippen LogP contribution < -0.4 is 5.32 Å². The number of rotatable bonds is 4. The second-order valence-electron chi connectivity index (χ2n) is 5.98. The van der Waals surface area contributed by atoms with Crippen LogP contribution in [0.2, 0.25) is 0 Å². The highest BCUT2D eigenvalue weighted by molar-refractivity contribution is 5.95. The molecule has 1 saturated heterocycles. The van der Waals surface area contributed by atoms with E-state index in [1.807, 2.05) is 47.0 Å². The molecule has 1 N–H and O–H groups in total. The largest absolute Gasteiger partial charge is 0.337 e. The van der Waals surface area contributed by atoms with Crippen molar-refractivity contribution in [1.29, 1.82) is 0 Å². The quantitative estimate of drug-likeness (QED) is 0.924. The predicted molar refractivity (Wildman–Crippen MR) is 98.2 cm³/mol. The molecule has 1 unspecified atom stereocenters. The van der Waals surface area contributed by atoms with Crippen molar-refractivity contribution in [3.8, 4) is 5.69 Å². The van der Waals surface area contributed by atoms with E-state index in [1.54, 1.807) is 6.20 Å². The van der Waals surface area contributed by atoms with Gasteiger partial charge in [0.2, 0.25) is 0 Å². The molecule has 3 rings (SSSR count). The molecule has 0 spiro atoms. The highest BCUT2D eigenvalue weighted by Crippen LogP contribution is 2.19. The Hall–Kier alpha value is -1.85. The predicted octanol–water partition coefficient (Wildman–Crippen LogP) is 2.68. The number of nitrogens with one attached hydrogen (secondary N) is 1. The molecule has 1 aliphatic heterocycles. The van der Waals surface area contributed by atoms with Crippen LogP contribution in [-0.4, -0.2) is 46.8 Å². The van der Waals surface area contributed by atoms with Crippen LogP contribution in [0.1, 0.15) is 35.8 Å². The maximum absolute atomic E-state index is 12.9. The molecule has 24 heavy (non-hydrogen) atoms. The summed E-state index contributed by atoms with van der Waals surface area (Å²) in [7, 11) is 1.96. The molecule has 2 heterocycles. The molecule has 0 saturated carbocycles. The summed E-state index contributed by atoms with van der Waals surface area (Å²) in [6, 6.07) is 10.4. The van der Waals surface area contributed by atoms with E-state index in [2.05, 4.69) is 17.3 Å². The minimum absolute atomic E-state index is 0. The first-order valence-corrected chi connectivity index (χ1v) is 8.33. The summed E-state index contributed by atoms with van der Waals surface area (Å²) in [5.41, 5.74) is 2.70. The molecule has 1 aromatic carbocycles. The molecule has 1 amide bonds. The minimum Gasteiger partial charge on any atom is -0.337 e. The van der Waals surface area contributed by atoms with Gasteiger partial charge >= 0.3 is 0 Å². The van der Waals surface area contributed by atoms with Crippen LogP contribution in [0, 0.1) is 0 Å². The van der Waals surface area contributed by atoms with Gasteiger partial charge < -0.3 is 10.2 Å². The summed E-state index contributed by atoms with van der Waals surface area (Å²) in [5.74, 6) is 0.101. The maximum atomic E-state index is 12.9. The monoisotopic (exact) mass is 348 g/mol. The number of likely N-dealkylation sites (tertiary alicyclic amines) is 1. The van der Waals surface area contributed by atoms with E-state index >= 15 is 0 Å². The van der Waals surface area contributed by atoms with Crippen LogP contribution in [0.5, 0.6) is 0 Å². The third-order valence-electron chi connectivity index (χ3n) is 4.55. The molecular formula is C18H25ClN4O. The van der Waals surface area contributed by atoms with Crippen molar-refractivity contribution in [1.82, 2.24) is 20.0 Å². The number of aromatic nitrogens is 2. The third-order valence-corrected chi connectivity index (χ3v) is 4.55. The van der Waals surface area contributed by atoms with Gasteiger partial charge in [-0.2, -0.15) is 5.10 Å². The molecule has 0 bridgehead atoms. The molecule has 1 aliphatic rings. The second kappa shape index (κ2) is 8.31. The van der Waals surface area contributed by atoms with Crippen molar-refractivity contribution in [2.24, 2.45) is 0 Å². The number of piperidine rings is 1. The lowest BCUT2D eigenvalue weighted by Crippen LogP contribution is -2.47. The van der Waals surface area contributed by atoms with E-state index in [9.17, 15) is 4.79 Å². The van der Waals surface area contributed by atoms with Gasteiger partial charge in [-0.25, -0.2) is 4.68 Å². The van der Waals surface area contributed by atoms with Crippen molar-refractivity contribution in [3.05, 3.63) is 47.8 Å². The SMILES string of the molecule is CCc1c(C(=O)N2CCCC(NC)C2)cnn1-c1ccccc1.Cl. The molecule has 5 nitrogen and oxygen atoms in total. The van der Waals surface area contributed by atoms with E-state index < -0.39 is 0 Å². The molecular weight excluding hydrogens is 324 g/mol. The Balaban J connectivity index is 0.00000208. The number of hydrogen-bond donors (Lipinski definition) is 1. The van der Waals surface area contributed by atoms with Crippen LogP contribution in [0.4, 0.5) is 0 Å². The summed E-state index contributed by atoms with van der Waals surface area (Å²) >= 11 is 0. The normalized spacial score (nSPS) is 17.4. The van der Waals surface area contributed by atoms with Gasteiger partial charge in [-0.05, 0) is 38.4 Å². The van der Waals surface area contributed by atoms with E-state index in [-0.39, 0.29) is 18.3 Å². The lowest BCUT2D eigenvalue weighted by atomic mass is 10.0. The Bertz CT molecular complexity index is 671. The molecule has 0 radical (unpaired) electrons. The molecule has 1 fully saturated rings. The summed E-state index contributed by atoms with van der Waals surface area (Å²) < 4.78 is 1.88. The van der Waals surface area contributed by atoms with Crippen molar-refractivity contribution < 1.29 is 4.79 Å². The van der Waals surface area contributed by atoms with Gasteiger partial charge in [0.05, 0.1) is 23.1 Å². The van der Waals surface area contributed by atoms with Crippen LogP contribution >= 0.6 is 12.4 Å². The Morgan fingerprint density at radius 3 is 2.75 bits per heavy atom. The van der Waals surface area contributed by atoms with Crippen LogP contribution in [0.3, 0.4) is 0 Å². The lowest BCUT2D eigenvalue weighted by Gasteiger charge is -2.32. The maximum Gasteiger partial charge on any atom is 0.257 e. The lowest BCUT2D eigenvalue weighted by molar-refractivity contribution is 0.0697. The van der Waals surface area contributed by atoms with E-state index in [1.165, 1.54) is 0 Å². The van der Waals surface area contributed by atoms with Gasteiger partial charge in [0.25, 0.3) is 5.91 Å². The zero-order valence-corrected chi connectivity index (χ0v) is 15.1. The first-order chi connectivity index (χ1) is 11.2. The third kappa shape index (κ3) is 3.62. The van der Waals surface area contributed by atoms with E-state index in [4.69, 9.17) is 0 Å². The highest BCUT2D eigenvalue weighted by atomic mass is 35.5. The van der Waals surface area contributed by atoms with Crippen LogP contribution in [-0.2, 0) is 6.42 Å². The highest BCUT2D eigenvalue weighted by Gasteiger charge is 2.26. The van der Waals surface area contributed by atoms with Gasteiger partial charge in [-0.1, -0.05) is 25.1 Å². The van der Waals surface area contributed by atoms with Crippen molar-refractivity contribution in [2.45, 2.75) is 32.2 Å². The number of nitrogens with zero attached hydrogens (tertiary/aromatic N) is 3. The number of carbonyl (C=O) groups is 1. The molecule has 130 valence electrons. The smallest absolute Gasteiger partial charge is 0.257 e. The number of likely N-dealkylation sites (N-methyl/N-ethyl adjacent to an activating group) is 1. The first kappa shape index (κ1) is 18.5. The Morgan fingerprint density at radius 2 is 2.08 bits per heavy atom. The first-order valence-electron chi connectivity index (χ1n) is 8.33. The molecule has 1 atom stereocenters. The Labute approximate surface area is 149 Å². The van der Waals surface area contributed by atoms with Crippen LogP contribution in [0.15, 0.2) is 36.5 Å². The summed E-state index contributed by atoms with van der Waals surface area (Å²) in [4.78, 5) is 14.9. The summed E-state index contributed by atoms with van der Waals surface area (Å²) in [6.07, 6.45) is 4.67. The summed E-state index contributed by atoms with van der Waals surface area (Å²) in [6.45, 7) is 3.67.